The second-order valence-electron chi connectivity index (χ2n) is 3.52. The Morgan fingerprint density at radius 3 is 3.07 bits per heavy atom. The number of ether oxygens (including phenoxy) is 1. The zero-order valence-electron chi connectivity index (χ0n) is 8.55. The van der Waals surface area contributed by atoms with Crippen molar-refractivity contribution in [1.29, 1.82) is 0 Å². The normalized spacial score (nSPS) is 12.7. The van der Waals surface area contributed by atoms with Crippen LogP contribution in [-0.4, -0.2) is 22.8 Å². The number of pyridine rings is 1. The van der Waals surface area contributed by atoms with Crippen molar-refractivity contribution in [3.63, 3.8) is 0 Å². The van der Waals surface area contributed by atoms with Crippen LogP contribution in [0, 0.1) is 0 Å². The Labute approximate surface area is 88.3 Å². The van der Waals surface area contributed by atoms with Gasteiger partial charge in [0.15, 0.2) is 0 Å². The molecule has 1 atom stereocenters. The van der Waals surface area contributed by atoms with Crippen LogP contribution in [-0.2, 0) is 0 Å². The van der Waals surface area contributed by atoms with Gasteiger partial charge in [0.25, 0.3) is 0 Å². The van der Waals surface area contributed by atoms with Gasteiger partial charge >= 0.3 is 0 Å². The monoisotopic (exact) mass is 203 g/mol. The summed E-state index contributed by atoms with van der Waals surface area (Å²) in [5.74, 6) is 0.738. The van der Waals surface area contributed by atoms with Crippen LogP contribution in [0.1, 0.15) is 6.92 Å². The molecule has 0 aliphatic heterocycles. The van der Waals surface area contributed by atoms with Crippen LogP contribution in [0.2, 0.25) is 0 Å². The highest BCUT2D eigenvalue weighted by Crippen LogP contribution is 2.18. The summed E-state index contributed by atoms with van der Waals surface area (Å²) < 4.78 is 5.39. The summed E-state index contributed by atoms with van der Waals surface area (Å²) >= 11 is 0. The molecule has 15 heavy (non-hydrogen) atoms. The third-order valence-electron chi connectivity index (χ3n) is 2.07. The highest BCUT2D eigenvalue weighted by molar-refractivity contribution is 5.79. The summed E-state index contributed by atoms with van der Waals surface area (Å²) in [7, 11) is 0. The number of aromatic nitrogens is 1. The van der Waals surface area contributed by atoms with Crippen molar-refractivity contribution < 1.29 is 9.84 Å². The average Bonchev–Trinajstić information content (AvgIpc) is 2.26. The second kappa shape index (κ2) is 4.28. The predicted octanol–water partition coefficient (Wildman–Crippen LogP) is 1.99. The summed E-state index contributed by atoms with van der Waals surface area (Å²) in [6.45, 7) is 2.00. The van der Waals surface area contributed by atoms with E-state index in [-0.39, 0.29) is 0 Å². The second-order valence-corrected chi connectivity index (χ2v) is 3.52. The average molecular weight is 203 g/mol. The molecule has 0 radical (unpaired) electrons. The standard InChI is InChI=1S/C12H13NO2/c1-9(14)8-15-11-5-4-10-3-2-6-13-12(10)7-11/h2-7,9,14H,8H2,1H3/t9-/m1/s1. The Morgan fingerprint density at radius 2 is 2.27 bits per heavy atom. The van der Waals surface area contributed by atoms with Gasteiger partial charge in [-0.25, -0.2) is 0 Å². The lowest BCUT2D eigenvalue weighted by Gasteiger charge is -2.08. The van der Waals surface area contributed by atoms with Crippen LogP contribution in [0.3, 0.4) is 0 Å². The van der Waals surface area contributed by atoms with Gasteiger partial charge in [-0.15, -0.1) is 0 Å². The maximum atomic E-state index is 9.09. The van der Waals surface area contributed by atoms with E-state index in [1.807, 2.05) is 30.3 Å². The van der Waals surface area contributed by atoms with Crippen molar-refractivity contribution in [1.82, 2.24) is 4.98 Å². The molecule has 1 heterocycles. The van der Waals surface area contributed by atoms with E-state index in [0.29, 0.717) is 6.61 Å². The van der Waals surface area contributed by atoms with Gasteiger partial charge in [0.1, 0.15) is 12.4 Å². The fourth-order valence-electron chi connectivity index (χ4n) is 1.35. The zero-order valence-corrected chi connectivity index (χ0v) is 8.55. The van der Waals surface area contributed by atoms with Crippen molar-refractivity contribution in [2.24, 2.45) is 0 Å². The first-order valence-corrected chi connectivity index (χ1v) is 4.91. The minimum Gasteiger partial charge on any atom is -0.491 e. The predicted molar refractivity (Wildman–Crippen MR) is 58.9 cm³/mol. The summed E-state index contributed by atoms with van der Waals surface area (Å²) in [6, 6.07) is 9.61. The van der Waals surface area contributed by atoms with E-state index in [0.717, 1.165) is 16.7 Å². The molecule has 0 spiro atoms. The van der Waals surface area contributed by atoms with Gasteiger partial charge in [-0.05, 0) is 25.1 Å². The van der Waals surface area contributed by atoms with E-state index in [4.69, 9.17) is 9.84 Å². The number of aliphatic hydroxyl groups excluding tert-OH is 1. The van der Waals surface area contributed by atoms with Crippen molar-refractivity contribution in [2.75, 3.05) is 6.61 Å². The smallest absolute Gasteiger partial charge is 0.121 e. The highest BCUT2D eigenvalue weighted by Gasteiger charge is 2.00. The summed E-state index contributed by atoms with van der Waals surface area (Å²) in [6.07, 6.45) is 1.30. The van der Waals surface area contributed by atoms with E-state index < -0.39 is 6.10 Å². The molecule has 2 rings (SSSR count). The molecule has 0 unspecified atom stereocenters. The number of nitrogens with zero attached hydrogens (tertiary/aromatic N) is 1. The first kappa shape index (κ1) is 9.93. The molecular formula is C12H13NO2. The molecule has 1 aromatic carbocycles. The fourth-order valence-corrected chi connectivity index (χ4v) is 1.35. The summed E-state index contributed by atoms with van der Waals surface area (Å²) in [4.78, 5) is 4.23. The molecule has 1 N–H and O–H groups in total. The van der Waals surface area contributed by atoms with E-state index in [1.54, 1.807) is 13.1 Å². The van der Waals surface area contributed by atoms with Gasteiger partial charge < -0.3 is 9.84 Å². The molecular weight excluding hydrogens is 190 g/mol. The Kier molecular flexibility index (Phi) is 2.83. The summed E-state index contributed by atoms with van der Waals surface area (Å²) in [5, 5.41) is 10.2. The van der Waals surface area contributed by atoms with Crippen LogP contribution in [0.15, 0.2) is 36.5 Å². The topological polar surface area (TPSA) is 42.4 Å². The Hall–Kier alpha value is -1.61. The lowest BCUT2D eigenvalue weighted by atomic mass is 10.2. The maximum Gasteiger partial charge on any atom is 0.121 e. The van der Waals surface area contributed by atoms with E-state index >= 15 is 0 Å². The van der Waals surface area contributed by atoms with Gasteiger partial charge in [0.2, 0.25) is 0 Å². The van der Waals surface area contributed by atoms with Crippen molar-refractivity contribution in [3.8, 4) is 5.75 Å². The van der Waals surface area contributed by atoms with Crippen molar-refractivity contribution >= 4 is 10.9 Å². The largest absolute Gasteiger partial charge is 0.491 e. The van der Waals surface area contributed by atoms with Gasteiger partial charge in [-0.2, -0.15) is 0 Å². The first-order valence-electron chi connectivity index (χ1n) is 4.91. The van der Waals surface area contributed by atoms with Gasteiger partial charge in [-0.1, -0.05) is 6.07 Å². The number of benzene rings is 1. The quantitative estimate of drug-likeness (QED) is 0.829. The fraction of sp³-hybridized carbons (Fsp3) is 0.250. The third kappa shape index (κ3) is 2.44. The number of hydrogen-bond acceptors (Lipinski definition) is 3. The van der Waals surface area contributed by atoms with Gasteiger partial charge in [0, 0.05) is 17.6 Å². The highest BCUT2D eigenvalue weighted by atomic mass is 16.5. The van der Waals surface area contributed by atoms with E-state index in [2.05, 4.69) is 4.98 Å². The molecule has 0 aliphatic rings. The van der Waals surface area contributed by atoms with Crippen LogP contribution < -0.4 is 4.74 Å². The molecule has 0 fully saturated rings. The minimum absolute atomic E-state index is 0.304. The molecule has 0 amide bonds. The summed E-state index contributed by atoms with van der Waals surface area (Å²) in [5.41, 5.74) is 0.903. The zero-order chi connectivity index (χ0) is 10.7. The molecule has 0 aliphatic carbocycles. The third-order valence-corrected chi connectivity index (χ3v) is 2.07. The van der Waals surface area contributed by atoms with Crippen LogP contribution in [0.25, 0.3) is 10.9 Å². The number of rotatable bonds is 3. The Bertz CT molecular complexity index is 454. The molecule has 3 heteroatoms. The molecule has 78 valence electrons. The van der Waals surface area contributed by atoms with Crippen LogP contribution >= 0.6 is 0 Å². The molecule has 0 saturated heterocycles. The van der Waals surface area contributed by atoms with Crippen molar-refractivity contribution in [3.05, 3.63) is 36.5 Å². The minimum atomic E-state index is -0.454. The number of hydrogen-bond donors (Lipinski definition) is 1. The molecule has 0 saturated carbocycles. The molecule has 0 bridgehead atoms. The van der Waals surface area contributed by atoms with Crippen LogP contribution in [0.5, 0.6) is 5.75 Å². The lowest BCUT2D eigenvalue weighted by molar-refractivity contribution is 0.123. The van der Waals surface area contributed by atoms with Gasteiger partial charge in [-0.3, -0.25) is 4.98 Å². The number of aliphatic hydroxyl groups is 1. The molecule has 2 aromatic rings. The Balaban J connectivity index is 2.23. The van der Waals surface area contributed by atoms with E-state index in [9.17, 15) is 0 Å². The van der Waals surface area contributed by atoms with Crippen LogP contribution in [0.4, 0.5) is 0 Å². The lowest BCUT2D eigenvalue weighted by Crippen LogP contribution is -2.12. The van der Waals surface area contributed by atoms with E-state index in [1.165, 1.54) is 0 Å². The maximum absolute atomic E-state index is 9.09. The SMILES string of the molecule is C[C@@H](O)COc1ccc2cccnc2c1. The van der Waals surface area contributed by atoms with Crippen molar-refractivity contribution in [2.45, 2.75) is 13.0 Å². The van der Waals surface area contributed by atoms with Gasteiger partial charge in [0.05, 0.1) is 11.6 Å². The molecule has 3 nitrogen and oxygen atoms in total. The Morgan fingerprint density at radius 1 is 1.40 bits per heavy atom. The molecule has 1 aromatic heterocycles. The number of fused-ring (bicyclic) bond motifs is 1. The first-order chi connectivity index (χ1) is 7.25.